The van der Waals surface area contributed by atoms with Gasteiger partial charge in [0.2, 0.25) is 0 Å². The summed E-state index contributed by atoms with van der Waals surface area (Å²) in [6.07, 6.45) is 3.14. The van der Waals surface area contributed by atoms with Crippen LogP contribution in [0.25, 0.3) is 0 Å². The van der Waals surface area contributed by atoms with Crippen molar-refractivity contribution in [3.8, 4) is 11.5 Å². The Hall–Kier alpha value is -2.18. The Kier molecular flexibility index (Phi) is 5.14. The standard InChI is InChI=1S/C21H27NO5/c1-4-10-22-11-9-20(12-16(24)7-8-21(20,26)15(22)3)18-14(2)5-6-17(19(18)25)27-13-23/h4-6,13,15,25-26H,1,7-12H2,2-3H3. The third kappa shape index (κ3) is 2.87. The van der Waals surface area contributed by atoms with E-state index in [1.54, 1.807) is 6.07 Å². The van der Waals surface area contributed by atoms with E-state index in [9.17, 15) is 19.8 Å². The minimum Gasteiger partial charge on any atom is -0.504 e. The number of benzene rings is 1. The van der Waals surface area contributed by atoms with E-state index in [1.807, 2.05) is 19.9 Å². The molecular formula is C21H27NO5. The summed E-state index contributed by atoms with van der Waals surface area (Å²) in [6.45, 7) is 9.18. The maximum Gasteiger partial charge on any atom is 0.298 e. The van der Waals surface area contributed by atoms with Crippen molar-refractivity contribution in [3.05, 3.63) is 35.9 Å². The van der Waals surface area contributed by atoms with E-state index in [0.717, 1.165) is 5.56 Å². The largest absolute Gasteiger partial charge is 0.504 e. The number of hydrogen-bond acceptors (Lipinski definition) is 6. The molecule has 2 N–H and O–H groups in total. The molecule has 0 aromatic heterocycles. The van der Waals surface area contributed by atoms with Gasteiger partial charge in [0.05, 0.1) is 5.60 Å². The molecular weight excluding hydrogens is 346 g/mol. The zero-order chi connectivity index (χ0) is 19.8. The van der Waals surface area contributed by atoms with E-state index in [-0.39, 0.29) is 36.2 Å². The van der Waals surface area contributed by atoms with Gasteiger partial charge in [-0.15, -0.1) is 6.58 Å². The van der Waals surface area contributed by atoms with Gasteiger partial charge >= 0.3 is 0 Å². The molecule has 27 heavy (non-hydrogen) atoms. The van der Waals surface area contributed by atoms with Gasteiger partial charge in [-0.05, 0) is 44.9 Å². The fourth-order valence-corrected chi connectivity index (χ4v) is 5.16. The van der Waals surface area contributed by atoms with Crippen LogP contribution in [0.4, 0.5) is 0 Å². The molecule has 3 atom stereocenters. The molecule has 2 fully saturated rings. The molecule has 1 saturated carbocycles. The third-order valence-corrected chi connectivity index (χ3v) is 6.54. The van der Waals surface area contributed by atoms with Crippen LogP contribution in [0.3, 0.4) is 0 Å². The molecule has 0 amide bonds. The highest BCUT2D eigenvalue weighted by atomic mass is 16.5. The Balaban J connectivity index is 2.21. The second-order valence-electron chi connectivity index (χ2n) is 7.75. The van der Waals surface area contributed by atoms with Gasteiger partial charge in [-0.2, -0.15) is 0 Å². The SMILES string of the molecule is C=CCN1CCC2(c3c(C)ccc(OC=O)c3O)CC(=O)CCC2(O)C1C. The molecule has 3 rings (SSSR count). The smallest absolute Gasteiger partial charge is 0.298 e. The predicted molar refractivity (Wildman–Crippen MR) is 101 cm³/mol. The lowest BCUT2D eigenvalue weighted by Gasteiger charge is -2.59. The second-order valence-corrected chi connectivity index (χ2v) is 7.75. The molecule has 1 aromatic carbocycles. The van der Waals surface area contributed by atoms with Gasteiger partial charge in [0.1, 0.15) is 5.78 Å². The van der Waals surface area contributed by atoms with E-state index in [2.05, 4.69) is 11.5 Å². The van der Waals surface area contributed by atoms with Crippen molar-refractivity contribution in [2.45, 2.75) is 56.6 Å². The van der Waals surface area contributed by atoms with E-state index in [4.69, 9.17) is 4.74 Å². The lowest BCUT2D eigenvalue weighted by Crippen LogP contribution is -2.69. The second kappa shape index (κ2) is 7.09. The summed E-state index contributed by atoms with van der Waals surface area (Å²) in [5.74, 6) is -0.0503. The Labute approximate surface area is 159 Å². The number of phenols is 1. The fourth-order valence-electron chi connectivity index (χ4n) is 5.16. The molecule has 0 radical (unpaired) electrons. The fraction of sp³-hybridized carbons (Fsp3) is 0.524. The van der Waals surface area contributed by atoms with Gasteiger partial charge in [0, 0.05) is 36.4 Å². The number of carbonyl (C=O) groups is 2. The van der Waals surface area contributed by atoms with Crippen LogP contribution < -0.4 is 4.74 Å². The van der Waals surface area contributed by atoms with E-state index in [0.29, 0.717) is 37.9 Å². The van der Waals surface area contributed by atoms with Crippen molar-refractivity contribution in [1.29, 1.82) is 0 Å². The van der Waals surface area contributed by atoms with Crippen molar-refractivity contribution < 1.29 is 24.5 Å². The predicted octanol–water partition coefficient (Wildman–Crippen LogP) is 2.24. The molecule has 0 spiro atoms. The normalized spacial score (nSPS) is 31.2. The van der Waals surface area contributed by atoms with Crippen molar-refractivity contribution >= 4 is 12.3 Å². The Morgan fingerprint density at radius 3 is 2.81 bits per heavy atom. The van der Waals surface area contributed by atoms with Crippen LogP contribution >= 0.6 is 0 Å². The number of hydrogen-bond donors (Lipinski definition) is 2. The summed E-state index contributed by atoms with van der Waals surface area (Å²) in [5, 5.41) is 22.8. The zero-order valence-corrected chi connectivity index (χ0v) is 15.9. The van der Waals surface area contributed by atoms with Crippen LogP contribution in [0.2, 0.25) is 0 Å². The molecule has 1 saturated heterocycles. The molecule has 0 bridgehead atoms. The van der Waals surface area contributed by atoms with Gasteiger partial charge in [-0.25, -0.2) is 0 Å². The lowest BCUT2D eigenvalue weighted by molar-refractivity contribution is -0.163. The molecule has 1 aliphatic heterocycles. The molecule has 1 heterocycles. The summed E-state index contributed by atoms with van der Waals surface area (Å²) in [4.78, 5) is 25.4. The molecule has 2 aliphatic rings. The van der Waals surface area contributed by atoms with Crippen LogP contribution in [0, 0.1) is 6.92 Å². The highest BCUT2D eigenvalue weighted by Gasteiger charge is 2.62. The number of piperidine rings is 1. The first-order valence-electron chi connectivity index (χ1n) is 9.33. The van der Waals surface area contributed by atoms with E-state index >= 15 is 0 Å². The van der Waals surface area contributed by atoms with E-state index < -0.39 is 11.0 Å². The first kappa shape index (κ1) is 19.6. The topological polar surface area (TPSA) is 87.1 Å². The Bertz CT molecular complexity index is 776. The quantitative estimate of drug-likeness (QED) is 0.608. The van der Waals surface area contributed by atoms with Gasteiger partial charge in [-0.1, -0.05) is 12.1 Å². The number of aliphatic hydroxyl groups is 1. The Morgan fingerprint density at radius 1 is 1.41 bits per heavy atom. The molecule has 3 unspecified atom stereocenters. The molecule has 6 heteroatoms. The van der Waals surface area contributed by atoms with Crippen LogP contribution in [-0.2, 0) is 15.0 Å². The summed E-state index contributed by atoms with van der Waals surface area (Å²) in [7, 11) is 0. The average Bonchev–Trinajstić information content (AvgIpc) is 2.63. The summed E-state index contributed by atoms with van der Waals surface area (Å²) < 4.78 is 4.93. The number of ketones is 1. The van der Waals surface area contributed by atoms with Crippen molar-refractivity contribution in [2.75, 3.05) is 13.1 Å². The number of Topliss-reactive ketones (excluding diaryl/α,β-unsaturated/α-hetero) is 1. The maximum absolute atomic E-state index is 12.5. The summed E-state index contributed by atoms with van der Waals surface area (Å²) >= 11 is 0. The van der Waals surface area contributed by atoms with Gasteiger partial charge in [-0.3, -0.25) is 14.5 Å². The molecule has 1 aliphatic carbocycles. The van der Waals surface area contributed by atoms with Crippen LogP contribution in [-0.4, -0.2) is 52.1 Å². The van der Waals surface area contributed by atoms with Crippen LogP contribution in [0.5, 0.6) is 11.5 Å². The molecule has 146 valence electrons. The molecule has 6 nitrogen and oxygen atoms in total. The minimum atomic E-state index is -1.19. The number of aryl methyl sites for hydroxylation is 1. The molecule has 1 aromatic rings. The zero-order valence-electron chi connectivity index (χ0n) is 15.9. The third-order valence-electron chi connectivity index (χ3n) is 6.54. The minimum absolute atomic E-state index is 0.0431. The number of ether oxygens (including phenoxy) is 1. The highest BCUT2D eigenvalue weighted by Crippen LogP contribution is 2.57. The number of rotatable bonds is 5. The van der Waals surface area contributed by atoms with Crippen LogP contribution in [0.15, 0.2) is 24.8 Å². The first-order chi connectivity index (χ1) is 12.8. The number of aromatic hydroxyl groups is 1. The highest BCUT2D eigenvalue weighted by molar-refractivity contribution is 5.82. The van der Waals surface area contributed by atoms with Crippen molar-refractivity contribution in [2.24, 2.45) is 0 Å². The number of carbonyl (C=O) groups excluding carboxylic acids is 2. The Morgan fingerprint density at radius 2 is 2.15 bits per heavy atom. The van der Waals surface area contributed by atoms with Gasteiger partial charge in [0.25, 0.3) is 6.47 Å². The number of nitrogens with zero attached hydrogens (tertiary/aromatic N) is 1. The average molecular weight is 373 g/mol. The van der Waals surface area contributed by atoms with Crippen molar-refractivity contribution in [1.82, 2.24) is 4.90 Å². The number of phenolic OH excluding ortho intramolecular Hbond substituents is 1. The van der Waals surface area contributed by atoms with E-state index in [1.165, 1.54) is 6.07 Å². The summed E-state index contributed by atoms with van der Waals surface area (Å²) in [5.41, 5.74) is -0.828. The number of fused-ring (bicyclic) bond motifs is 1. The summed E-state index contributed by atoms with van der Waals surface area (Å²) in [6, 6.07) is 3.06. The van der Waals surface area contributed by atoms with Crippen molar-refractivity contribution in [3.63, 3.8) is 0 Å². The monoisotopic (exact) mass is 373 g/mol. The lowest BCUT2D eigenvalue weighted by atomic mass is 9.53. The number of likely N-dealkylation sites (tertiary alicyclic amines) is 1. The van der Waals surface area contributed by atoms with Gasteiger partial charge < -0.3 is 14.9 Å². The first-order valence-corrected chi connectivity index (χ1v) is 9.33. The maximum atomic E-state index is 12.5. The van der Waals surface area contributed by atoms with Gasteiger partial charge in [0.15, 0.2) is 11.5 Å². The van der Waals surface area contributed by atoms with Crippen LogP contribution in [0.1, 0.15) is 43.7 Å².